The molecule has 6 nitrogen and oxygen atoms in total. The Labute approximate surface area is 143 Å². The number of carbonyl (C=O) groups excluding carboxylic acids is 1. The Morgan fingerprint density at radius 2 is 2.25 bits per heavy atom. The van der Waals surface area contributed by atoms with Crippen LogP contribution in [0.25, 0.3) is 10.9 Å². The topological polar surface area (TPSA) is 73.1 Å². The Kier molecular flexibility index (Phi) is 4.60. The van der Waals surface area contributed by atoms with Gasteiger partial charge in [0, 0.05) is 25.0 Å². The van der Waals surface area contributed by atoms with Gasteiger partial charge in [0.05, 0.1) is 16.7 Å². The van der Waals surface area contributed by atoms with Gasteiger partial charge < -0.3 is 10.6 Å². The number of piperazine rings is 1. The number of hydrogen-bond donors (Lipinski definition) is 3. The van der Waals surface area contributed by atoms with Crippen molar-refractivity contribution in [2.24, 2.45) is 0 Å². The van der Waals surface area contributed by atoms with Crippen LogP contribution in [0.5, 0.6) is 0 Å². The number of carbonyl (C=O) groups is 1. The van der Waals surface area contributed by atoms with Gasteiger partial charge in [0.15, 0.2) is 0 Å². The van der Waals surface area contributed by atoms with E-state index in [1.54, 1.807) is 0 Å². The van der Waals surface area contributed by atoms with E-state index in [0.717, 1.165) is 41.8 Å². The van der Waals surface area contributed by atoms with Crippen LogP contribution in [0.3, 0.4) is 0 Å². The van der Waals surface area contributed by atoms with Gasteiger partial charge in [-0.2, -0.15) is 5.10 Å². The number of amides is 1. The number of rotatable bonds is 4. The standard InChI is InChI=1S/C18H27N5O/c1-5-23-10-9-19-11-14(23)17(24)20-18(3,4)16-13-8-6-7-12(2)15(13)21-22-16/h6-8,14,19H,5,9-11H2,1-4H3,(H,20,24)(H,21,22)/t14-/m0/s1. The monoisotopic (exact) mass is 329 g/mol. The predicted molar refractivity (Wildman–Crippen MR) is 95.9 cm³/mol. The molecule has 1 aromatic carbocycles. The van der Waals surface area contributed by atoms with Crippen molar-refractivity contribution in [1.29, 1.82) is 0 Å². The van der Waals surface area contributed by atoms with Crippen LogP contribution in [0.2, 0.25) is 0 Å². The third-order valence-electron chi connectivity index (χ3n) is 4.91. The van der Waals surface area contributed by atoms with E-state index in [0.29, 0.717) is 6.54 Å². The molecule has 130 valence electrons. The SMILES string of the molecule is CCN1CCNC[C@H]1C(=O)NC(C)(C)c1[nH]nc2c(C)cccc12. The second-order valence-corrected chi connectivity index (χ2v) is 7.03. The summed E-state index contributed by atoms with van der Waals surface area (Å²) in [5.41, 5.74) is 2.52. The molecule has 3 rings (SSSR count). The lowest BCUT2D eigenvalue weighted by Crippen LogP contribution is -2.59. The molecule has 0 aliphatic carbocycles. The van der Waals surface area contributed by atoms with Crippen molar-refractivity contribution in [2.75, 3.05) is 26.2 Å². The van der Waals surface area contributed by atoms with Crippen LogP contribution in [0.15, 0.2) is 18.2 Å². The van der Waals surface area contributed by atoms with Gasteiger partial charge in [0.2, 0.25) is 5.91 Å². The number of hydrogen-bond acceptors (Lipinski definition) is 4. The minimum Gasteiger partial charge on any atom is -0.344 e. The molecule has 1 aliphatic rings. The maximum absolute atomic E-state index is 12.9. The number of fused-ring (bicyclic) bond motifs is 1. The highest BCUT2D eigenvalue weighted by molar-refractivity contribution is 5.87. The molecule has 6 heteroatoms. The minimum atomic E-state index is -0.517. The number of nitrogens with one attached hydrogen (secondary N) is 3. The summed E-state index contributed by atoms with van der Waals surface area (Å²) in [6.07, 6.45) is 0. The van der Waals surface area contributed by atoms with E-state index in [9.17, 15) is 4.79 Å². The van der Waals surface area contributed by atoms with Gasteiger partial charge in [0.25, 0.3) is 0 Å². The van der Waals surface area contributed by atoms with Gasteiger partial charge in [-0.3, -0.25) is 14.8 Å². The molecule has 0 bridgehead atoms. The molecule has 1 aliphatic heterocycles. The van der Waals surface area contributed by atoms with Gasteiger partial charge in [-0.05, 0) is 32.9 Å². The molecule has 1 atom stereocenters. The molecule has 0 spiro atoms. The first-order valence-electron chi connectivity index (χ1n) is 8.65. The lowest BCUT2D eigenvalue weighted by molar-refractivity contribution is -0.128. The molecular weight excluding hydrogens is 302 g/mol. The summed E-state index contributed by atoms with van der Waals surface area (Å²) in [6, 6.07) is 6.00. The van der Waals surface area contributed by atoms with Crippen LogP contribution in [-0.4, -0.2) is 53.2 Å². The van der Waals surface area contributed by atoms with E-state index in [1.165, 1.54) is 0 Å². The number of benzene rings is 1. The summed E-state index contributed by atoms with van der Waals surface area (Å²) in [6.45, 7) is 11.6. The van der Waals surface area contributed by atoms with E-state index in [1.807, 2.05) is 32.9 Å². The fraction of sp³-hybridized carbons (Fsp3) is 0.556. The highest BCUT2D eigenvalue weighted by atomic mass is 16.2. The van der Waals surface area contributed by atoms with Crippen LogP contribution in [0.4, 0.5) is 0 Å². The number of likely N-dealkylation sites (N-methyl/N-ethyl adjacent to an activating group) is 1. The Morgan fingerprint density at radius 1 is 1.46 bits per heavy atom. The van der Waals surface area contributed by atoms with Crippen molar-refractivity contribution < 1.29 is 4.79 Å². The first-order chi connectivity index (χ1) is 11.4. The number of aryl methyl sites for hydroxylation is 1. The zero-order valence-corrected chi connectivity index (χ0v) is 14.9. The average molecular weight is 329 g/mol. The molecule has 1 saturated heterocycles. The molecular formula is C18H27N5O. The smallest absolute Gasteiger partial charge is 0.239 e. The molecule has 2 aromatic rings. The first kappa shape index (κ1) is 16.9. The van der Waals surface area contributed by atoms with Crippen molar-refractivity contribution in [3.05, 3.63) is 29.5 Å². The first-order valence-corrected chi connectivity index (χ1v) is 8.65. The summed E-state index contributed by atoms with van der Waals surface area (Å²) < 4.78 is 0. The van der Waals surface area contributed by atoms with E-state index in [2.05, 4.69) is 38.7 Å². The van der Waals surface area contributed by atoms with E-state index < -0.39 is 5.54 Å². The largest absolute Gasteiger partial charge is 0.344 e. The van der Waals surface area contributed by atoms with Crippen LogP contribution >= 0.6 is 0 Å². The molecule has 1 amide bonds. The van der Waals surface area contributed by atoms with Gasteiger partial charge in [0.1, 0.15) is 6.04 Å². The average Bonchev–Trinajstić information content (AvgIpc) is 3.01. The summed E-state index contributed by atoms with van der Waals surface area (Å²) in [5.74, 6) is 0.0597. The Hall–Kier alpha value is -1.92. The van der Waals surface area contributed by atoms with Crippen molar-refractivity contribution in [3.8, 4) is 0 Å². The molecule has 1 aromatic heterocycles. The lowest BCUT2D eigenvalue weighted by atomic mass is 9.95. The maximum atomic E-state index is 12.9. The van der Waals surface area contributed by atoms with Crippen molar-refractivity contribution in [1.82, 2.24) is 25.7 Å². The summed E-state index contributed by atoms with van der Waals surface area (Å²) in [7, 11) is 0. The quantitative estimate of drug-likeness (QED) is 0.795. The molecule has 3 N–H and O–H groups in total. The molecule has 1 fully saturated rings. The number of para-hydroxylation sites is 1. The summed E-state index contributed by atoms with van der Waals surface area (Å²) in [4.78, 5) is 15.1. The fourth-order valence-corrected chi connectivity index (χ4v) is 3.49. The zero-order chi connectivity index (χ0) is 17.3. The number of H-pyrrole nitrogens is 1. The second-order valence-electron chi connectivity index (χ2n) is 7.03. The number of nitrogens with zero attached hydrogens (tertiary/aromatic N) is 2. The van der Waals surface area contributed by atoms with E-state index in [-0.39, 0.29) is 11.9 Å². The molecule has 0 saturated carbocycles. The molecule has 24 heavy (non-hydrogen) atoms. The maximum Gasteiger partial charge on any atom is 0.239 e. The van der Waals surface area contributed by atoms with Crippen LogP contribution < -0.4 is 10.6 Å². The van der Waals surface area contributed by atoms with Crippen molar-refractivity contribution in [2.45, 2.75) is 39.3 Å². The van der Waals surface area contributed by atoms with Crippen LogP contribution in [0, 0.1) is 6.92 Å². The number of aromatic nitrogens is 2. The molecule has 2 heterocycles. The highest BCUT2D eigenvalue weighted by Gasteiger charge is 2.33. The summed E-state index contributed by atoms with van der Waals surface area (Å²) in [5, 5.41) is 15.2. The summed E-state index contributed by atoms with van der Waals surface area (Å²) >= 11 is 0. The minimum absolute atomic E-state index is 0.0597. The van der Waals surface area contributed by atoms with Crippen LogP contribution in [0.1, 0.15) is 32.0 Å². The molecule has 0 unspecified atom stereocenters. The third-order valence-corrected chi connectivity index (χ3v) is 4.91. The van der Waals surface area contributed by atoms with E-state index in [4.69, 9.17) is 0 Å². The lowest BCUT2D eigenvalue weighted by Gasteiger charge is -2.36. The Balaban J connectivity index is 1.84. The predicted octanol–water partition coefficient (Wildman–Crippen LogP) is 1.52. The van der Waals surface area contributed by atoms with Gasteiger partial charge in [-0.15, -0.1) is 0 Å². The van der Waals surface area contributed by atoms with Crippen LogP contribution in [-0.2, 0) is 10.3 Å². The van der Waals surface area contributed by atoms with Crippen molar-refractivity contribution in [3.63, 3.8) is 0 Å². The Bertz CT molecular complexity index is 736. The normalized spacial score (nSPS) is 19.6. The fourth-order valence-electron chi connectivity index (χ4n) is 3.49. The third kappa shape index (κ3) is 3.03. The zero-order valence-electron chi connectivity index (χ0n) is 14.9. The number of aromatic amines is 1. The van der Waals surface area contributed by atoms with E-state index >= 15 is 0 Å². The van der Waals surface area contributed by atoms with Gasteiger partial charge in [-0.25, -0.2) is 0 Å². The second kappa shape index (κ2) is 6.53. The van der Waals surface area contributed by atoms with Gasteiger partial charge in [-0.1, -0.05) is 25.1 Å². The molecule has 0 radical (unpaired) electrons. The highest BCUT2D eigenvalue weighted by Crippen LogP contribution is 2.28. The van der Waals surface area contributed by atoms with Crippen molar-refractivity contribution >= 4 is 16.8 Å². The van der Waals surface area contributed by atoms with Gasteiger partial charge >= 0.3 is 0 Å². The Morgan fingerprint density at radius 3 is 3.00 bits per heavy atom.